The molecule has 3 aromatic heterocycles. The maximum Gasteiger partial charge on any atom is 0.324 e. The van der Waals surface area contributed by atoms with E-state index in [1.165, 1.54) is 28.4 Å². The normalized spacial score (nSPS) is 13.3. The number of amides is 3. The summed E-state index contributed by atoms with van der Waals surface area (Å²) in [6.45, 7) is 8.34. The summed E-state index contributed by atoms with van der Waals surface area (Å²) in [5.41, 5.74) is 2.33. The van der Waals surface area contributed by atoms with E-state index in [2.05, 4.69) is 30.7 Å². The summed E-state index contributed by atoms with van der Waals surface area (Å²) in [6, 6.07) is 13.7. The van der Waals surface area contributed by atoms with Crippen molar-refractivity contribution < 1.29 is 18.7 Å². The molecule has 0 atom stereocenters. The number of aryl methyl sites for hydroxylation is 1. The summed E-state index contributed by atoms with van der Waals surface area (Å²) < 4.78 is 22.2. The Labute approximate surface area is 263 Å². The van der Waals surface area contributed by atoms with E-state index >= 15 is 0 Å². The van der Waals surface area contributed by atoms with Gasteiger partial charge in [0.25, 0.3) is 0 Å². The highest BCUT2D eigenvalue weighted by Gasteiger charge is 2.25. The third kappa shape index (κ3) is 6.53. The largest absolute Gasteiger partial charge is 0.424 e. The standard InChI is InChI=1S/C32H31FN8O3S/c1-19-7-5-8-23(28(19)33)41-26(15-25(39-41)32(2,3)4)38-29(43)37-21-16-34-30(35-17-21)44-22-12-10-20(11-13-22)24-18-36-31(45-24)40-14-6-9-27(40)42/h5,7-8,10-13,15-18H,6,9,14H2,1-4H3,(H2,37,38,43). The number of nitrogens with zero attached hydrogens (tertiary/aromatic N) is 6. The van der Waals surface area contributed by atoms with Gasteiger partial charge in [-0.15, -0.1) is 0 Å². The van der Waals surface area contributed by atoms with E-state index in [0.29, 0.717) is 46.6 Å². The third-order valence-corrected chi connectivity index (χ3v) is 8.22. The molecule has 0 saturated carbocycles. The number of rotatable bonds is 7. The van der Waals surface area contributed by atoms with Crippen LogP contribution in [0.1, 0.15) is 44.9 Å². The van der Waals surface area contributed by atoms with Gasteiger partial charge in [0.05, 0.1) is 28.7 Å². The van der Waals surface area contributed by atoms with Gasteiger partial charge in [0, 0.05) is 30.6 Å². The first-order chi connectivity index (χ1) is 21.5. The predicted molar refractivity (Wildman–Crippen MR) is 171 cm³/mol. The van der Waals surface area contributed by atoms with E-state index < -0.39 is 11.8 Å². The van der Waals surface area contributed by atoms with Gasteiger partial charge in [0.2, 0.25) is 5.91 Å². The molecule has 6 rings (SSSR count). The molecular formula is C32H31FN8O3S. The van der Waals surface area contributed by atoms with Crippen molar-refractivity contribution in [1.82, 2.24) is 24.7 Å². The lowest BCUT2D eigenvalue weighted by atomic mass is 9.92. The topological polar surface area (TPSA) is 127 Å². The molecule has 4 heterocycles. The Kier molecular flexibility index (Phi) is 8.02. The Morgan fingerprint density at radius 1 is 1.02 bits per heavy atom. The van der Waals surface area contributed by atoms with Gasteiger partial charge < -0.3 is 10.1 Å². The molecule has 1 fully saturated rings. The highest BCUT2D eigenvalue weighted by Crippen LogP contribution is 2.34. The Bertz CT molecular complexity index is 1860. The lowest BCUT2D eigenvalue weighted by Gasteiger charge is -2.14. The highest BCUT2D eigenvalue weighted by atomic mass is 32.1. The van der Waals surface area contributed by atoms with E-state index in [4.69, 9.17) is 4.74 Å². The van der Waals surface area contributed by atoms with Crippen molar-refractivity contribution in [3.05, 3.63) is 84.2 Å². The molecule has 11 nitrogen and oxygen atoms in total. The average Bonchev–Trinajstić information content (AvgIpc) is 3.76. The van der Waals surface area contributed by atoms with Crippen LogP contribution in [-0.2, 0) is 10.2 Å². The summed E-state index contributed by atoms with van der Waals surface area (Å²) >= 11 is 1.47. The number of anilines is 3. The van der Waals surface area contributed by atoms with Crippen LogP contribution in [0.2, 0.25) is 0 Å². The van der Waals surface area contributed by atoms with E-state index in [0.717, 1.165) is 16.9 Å². The molecule has 0 bridgehead atoms. The second-order valence-electron chi connectivity index (χ2n) is 11.6. The first-order valence-corrected chi connectivity index (χ1v) is 15.2. The van der Waals surface area contributed by atoms with Crippen LogP contribution in [0.25, 0.3) is 16.1 Å². The second kappa shape index (κ2) is 12.1. The van der Waals surface area contributed by atoms with Crippen LogP contribution in [0, 0.1) is 12.7 Å². The number of hydrogen-bond acceptors (Lipinski definition) is 8. The number of thiazole rings is 1. The smallest absolute Gasteiger partial charge is 0.324 e. The number of halogens is 1. The fourth-order valence-electron chi connectivity index (χ4n) is 4.69. The van der Waals surface area contributed by atoms with Gasteiger partial charge in [0.15, 0.2) is 10.9 Å². The van der Waals surface area contributed by atoms with E-state index in [1.54, 1.807) is 54.4 Å². The molecule has 0 unspecified atom stereocenters. The van der Waals surface area contributed by atoms with Gasteiger partial charge in [0.1, 0.15) is 17.3 Å². The predicted octanol–water partition coefficient (Wildman–Crippen LogP) is 7.09. The van der Waals surface area contributed by atoms with Gasteiger partial charge in [-0.05, 0) is 54.8 Å². The van der Waals surface area contributed by atoms with Gasteiger partial charge in [-0.25, -0.2) is 28.8 Å². The summed E-state index contributed by atoms with van der Waals surface area (Å²) in [5, 5.41) is 10.7. The molecule has 1 aliphatic heterocycles. The van der Waals surface area contributed by atoms with Crippen LogP contribution in [0.4, 0.5) is 25.8 Å². The van der Waals surface area contributed by atoms with Gasteiger partial charge in [-0.2, -0.15) is 5.10 Å². The Morgan fingerprint density at radius 3 is 2.47 bits per heavy atom. The third-order valence-electron chi connectivity index (χ3n) is 7.15. The number of carbonyl (C=O) groups is 2. The quantitative estimate of drug-likeness (QED) is 0.197. The number of urea groups is 1. The van der Waals surface area contributed by atoms with E-state index in [9.17, 15) is 14.0 Å². The molecule has 0 aliphatic carbocycles. The second-order valence-corrected chi connectivity index (χ2v) is 12.6. The van der Waals surface area contributed by atoms with Crippen molar-refractivity contribution in [3.8, 4) is 27.9 Å². The van der Waals surface area contributed by atoms with Gasteiger partial charge in [-0.3, -0.25) is 15.0 Å². The van der Waals surface area contributed by atoms with Gasteiger partial charge >= 0.3 is 12.0 Å². The van der Waals surface area contributed by atoms with Crippen LogP contribution in [-0.4, -0.2) is 43.2 Å². The molecule has 5 aromatic rings. The Hall–Kier alpha value is -5.17. The summed E-state index contributed by atoms with van der Waals surface area (Å²) in [5.74, 6) is 0.530. The van der Waals surface area contributed by atoms with Crippen molar-refractivity contribution in [2.75, 3.05) is 22.1 Å². The summed E-state index contributed by atoms with van der Waals surface area (Å²) in [7, 11) is 0. The minimum Gasteiger partial charge on any atom is -0.424 e. The molecule has 2 N–H and O–H groups in total. The van der Waals surface area contributed by atoms with Crippen LogP contribution in [0.5, 0.6) is 11.8 Å². The van der Waals surface area contributed by atoms with Crippen LogP contribution < -0.4 is 20.3 Å². The van der Waals surface area contributed by atoms with Crippen LogP contribution >= 0.6 is 11.3 Å². The lowest BCUT2D eigenvalue weighted by Crippen LogP contribution is -2.23. The molecular weight excluding hydrogens is 595 g/mol. The van der Waals surface area contributed by atoms with E-state index in [1.807, 2.05) is 32.9 Å². The Morgan fingerprint density at radius 2 is 1.78 bits per heavy atom. The van der Waals surface area contributed by atoms with Crippen LogP contribution in [0.15, 0.2) is 67.1 Å². The molecule has 45 heavy (non-hydrogen) atoms. The molecule has 13 heteroatoms. The maximum atomic E-state index is 15.0. The molecule has 0 radical (unpaired) electrons. The maximum absolute atomic E-state index is 15.0. The minimum absolute atomic E-state index is 0.101. The van der Waals surface area contributed by atoms with E-state index in [-0.39, 0.29) is 23.0 Å². The molecule has 230 valence electrons. The first-order valence-electron chi connectivity index (χ1n) is 14.4. The monoisotopic (exact) mass is 626 g/mol. The zero-order valence-corrected chi connectivity index (χ0v) is 26.0. The fraction of sp³-hybridized carbons (Fsp3) is 0.250. The van der Waals surface area contributed by atoms with Crippen molar-refractivity contribution in [2.45, 2.75) is 46.0 Å². The van der Waals surface area contributed by atoms with Crippen molar-refractivity contribution in [2.24, 2.45) is 0 Å². The fourth-order valence-corrected chi connectivity index (χ4v) is 5.66. The van der Waals surface area contributed by atoms with Crippen molar-refractivity contribution in [3.63, 3.8) is 0 Å². The first kappa shape index (κ1) is 29.9. The summed E-state index contributed by atoms with van der Waals surface area (Å²) in [6.07, 6.45) is 6.03. The number of carbonyl (C=O) groups excluding carboxylic acids is 2. The van der Waals surface area contributed by atoms with Crippen molar-refractivity contribution in [1.29, 1.82) is 0 Å². The molecule has 1 aliphatic rings. The number of aromatic nitrogens is 5. The zero-order valence-electron chi connectivity index (χ0n) is 25.2. The highest BCUT2D eigenvalue weighted by molar-refractivity contribution is 7.19. The zero-order chi connectivity index (χ0) is 31.7. The van der Waals surface area contributed by atoms with Crippen molar-refractivity contribution >= 4 is 39.9 Å². The van der Waals surface area contributed by atoms with Gasteiger partial charge in [-0.1, -0.05) is 44.2 Å². The summed E-state index contributed by atoms with van der Waals surface area (Å²) in [4.78, 5) is 40.5. The van der Waals surface area contributed by atoms with Crippen LogP contribution in [0.3, 0.4) is 0 Å². The molecule has 3 amide bonds. The number of nitrogens with one attached hydrogen (secondary N) is 2. The minimum atomic E-state index is -0.571. The molecule has 2 aromatic carbocycles. The number of benzene rings is 2. The lowest BCUT2D eigenvalue weighted by molar-refractivity contribution is -0.117. The molecule has 1 saturated heterocycles. The SMILES string of the molecule is Cc1cccc(-n2nc(C(C)(C)C)cc2NC(=O)Nc2cnc(Oc3ccc(-c4cnc(N5CCCC5=O)s4)cc3)nc2)c1F. The average molecular weight is 627 g/mol. The Balaban J connectivity index is 1.10. The number of ether oxygens (including phenoxy) is 1. The number of hydrogen-bond donors (Lipinski definition) is 2. The molecule has 0 spiro atoms.